The number of hydrogen-bond donors (Lipinski definition) is 0. The lowest BCUT2D eigenvalue weighted by Gasteiger charge is -1.98. The summed E-state index contributed by atoms with van der Waals surface area (Å²) in [5.41, 5.74) is 0.469. The number of nitrogens with zero attached hydrogens (tertiary/aromatic N) is 2. The predicted molar refractivity (Wildman–Crippen MR) is 28.1 cm³/mol. The second-order valence-corrected chi connectivity index (χ2v) is 1.29. The maximum absolute atomic E-state index is 8.20. The molecule has 3 heteroatoms. The van der Waals surface area contributed by atoms with Gasteiger partial charge in [-0.2, -0.15) is 5.26 Å². The van der Waals surface area contributed by atoms with Crippen molar-refractivity contribution in [1.29, 1.82) is 5.26 Å². The van der Waals surface area contributed by atoms with Gasteiger partial charge in [-0.05, 0) is 0 Å². The molecule has 0 saturated heterocycles. The van der Waals surface area contributed by atoms with Gasteiger partial charge in [0, 0.05) is 6.21 Å². The van der Waals surface area contributed by atoms with E-state index in [1.165, 1.54) is 12.5 Å². The second-order valence-electron chi connectivity index (χ2n) is 1.29. The third-order valence-electron chi connectivity index (χ3n) is 0.719. The fraction of sp³-hybridized carbons (Fsp3) is 0.200. The summed E-state index contributed by atoms with van der Waals surface area (Å²) in [6, 6.07) is 1.89. The largest absolute Gasteiger partial charge is 0.478 e. The molecular formula is C5H4N2O. The van der Waals surface area contributed by atoms with Crippen molar-refractivity contribution in [2.24, 2.45) is 4.99 Å². The molecule has 0 atom stereocenters. The highest BCUT2D eigenvalue weighted by molar-refractivity contribution is 5.83. The molecule has 0 N–H and O–H groups in total. The maximum atomic E-state index is 8.20. The highest BCUT2D eigenvalue weighted by Crippen LogP contribution is 1.94. The number of allylic oxidation sites excluding steroid dienone is 1. The van der Waals surface area contributed by atoms with E-state index in [1.807, 2.05) is 6.07 Å². The summed E-state index contributed by atoms with van der Waals surface area (Å²) < 4.78 is 4.69. The van der Waals surface area contributed by atoms with E-state index in [2.05, 4.69) is 4.99 Å². The molecule has 0 spiro atoms. The van der Waals surface area contributed by atoms with Gasteiger partial charge in [-0.3, -0.25) is 4.99 Å². The average molecular weight is 108 g/mol. The molecule has 0 saturated carbocycles. The SMILES string of the molecule is N#CC1=COCN=C1. The van der Waals surface area contributed by atoms with Crippen LogP contribution in [-0.4, -0.2) is 12.9 Å². The van der Waals surface area contributed by atoms with Crippen LogP contribution in [0.3, 0.4) is 0 Å². The first kappa shape index (κ1) is 4.85. The quantitative estimate of drug-likeness (QED) is 0.452. The van der Waals surface area contributed by atoms with Crippen LogP contribution in [0.25, 0.3) is 0 Å². The van der Waals surface area contributed by atoms with Crippen LogP contribution in [0.15, 0.2) is 16.8 Å². The Bertz CT molecular complexity index is 175. The van der Waals surface area contributed by atoms with Gasteiger partial charge in [0.2, 0.25) is 0 Å². The molecule has 40 valence electrons. The highest BCUT2D eigenvalue weighted by Gasteiger charge is 1.92. The lowest BCUT2D eigenvalue weighted by atomic mass is 10.3. The van der Waals surface area contributed by atoms with Gasteiger partial charge in [-0.25, -0.2) is 0 Å². The summed E-state index contributed by atoms with van der Waals surface area (Å²) in [6.07, 6.45) is 2.89. The van der Waals surface area contributed by atoms with Gasteiger partial charge in [-0.15, -0.1) is 0 Å². The van der Waals surface area contributed by atoms with E-state index in [4.69, 9.17) is 10.00 Å². The molecule has 0 unspecified atom stereocenters. The summed E-state index contributed by atoms with van der Waals surface area (Å²) >= 11 is 0. The first-order valence-corrected chi connectivity index (χ1v) is 2.15. The fourth-order valence-electron chi connectivity index (χ4n) is 0.391. The van der Waals surface area contributed by atoms with Gasteiger partial charge < -0.3 is 4.74 Å². The molecule has 1 aliphatic heterocycles. The third kappa shape index (κ3) is 0.850. The van der Waals surface area contributed by atoms with Crippen LogP contribution in [0.5, 0.6) is 0 Å². The number of hydrogen-bond acceptors (Lipinski definition) is 3. The zero-order chi connectivity index (χ0) is 5.82. The number of rotatable bonds is 0. The summed E-state index contributed by atoms with van der Waals surface area (Å²) in [7, 11) is 0. The first-order chi connectivity index (χ1) is 3.93. The molecule has 0 amide bonds. The van der Waals surface area contributed by atoms with Crippen molar-refractivity contribution < 1.29 is 4.74 Å². The molecule has 1 heterocycles. The minimum absolute atomic E-state index is 0.338. The van der Waals surface area contributed by atoms with Crippen molar-refractivity contribution in [1.82, 2.24) is 0 Å². The maximum Gasteiger partial charge on any atom is 0.178 e. The highest BCUT2D eigenvalue weighted by atomic mass is 16.5. The van der Waals surface area contributed by atoms with Gasteiger partial charge in [0.05, 0.1) is 0 Å². The van der Waals surface area contributed by atoms with E-state index in [9.17, 15) is 0 Å². The summed E-state index contributed by atoms with van der Waals surface area (Å²) in [5.74, 6) is 0. The third-order valence-corrected chi connectivity index (χ3v) is 0.719. The van der Waals surface area contributed by atoms with Gasteiger partial charge in [0.1, 0.15) is 17.9 Å². The molecule has 0 aromatic rings. The van der Waals surface area contributed by atoms with Gasteiger partial charge in [0.25, 0.3) is 0 Å². The average Bonchev–Trinajstić information content (AvgIpc) is 1.90. The van der Waals surface area contributed by atoms with E-state index in [-0.39, 0.29) is 0 Å². The molecule has 1 aliphatic rings. The Balaban J connectivity index is 2.68. The van der Waals surface area contributed by atoms with Crippen molar-refractivity contribution in [3.63, 3.8) is 0 Å². The van der Waals surface area contributed by atoms with Crippen LogP contribution >= 0.6 is 0 Å². The van der Waals surface area contributed by atoms with Crippen molar-refractivity contribution in [3.8, 4) is 6.07 Å². The molecule has 0 aliphatic carbocycles. The zero-order valence-electron chi connectivity index (χ0n) is 4.16. The fourth-order valence-corrected chi connectivity index (χ4v) is 0.391. The van der Waals surface area contributed by atoms with E-state index in [0.717, 1.165) is 0 Å². The summed E-state index contributed by atoms with van der Waals surface area (Å²) in [5, 5.41) is 8.20. The Labute approximate surface area is 46.9 Å². The molecule has 1 rings (SSSR count). The smallest absolute Gasteiger partial charge is 0.178 e. The van der Waals surface area contributed by atoms with Gasteiger partial charge in [0.15, 0.2) is 6.73 Å². The topological polar surface area (TPSA) is 45.4 Å². The van der Waals surface area contributed by atoms with Crippen LogP contribution in [0.2, 0.25) is 0 Å². The van der Waals surface area contributed by atoms with Crippen molar-refractivity contribution >= 4 is 6.21 Å². The van der Waals surface area contributed by atoms with Crippen LogP contribution in [0.4, 0.5) is 0 Å². The Morgan fingerprint density at radius 1 is 1.88 bits per heavy atom. The lowest BCUT2D eigenvalue weighted by Crippen LogP contribution is -1.93. The summed E-state index contributed by atoms with van der Waals surface area (Å²) in [4.78, 5) is 3.69. The Kier molecular flexibility index (Phi) is 1.29. The second kappa shape index (κ2) is 2.12. The van der Waals surface area contributed by atoms with E-state index in [1.54, 1.807) is 0 Å². The Hall–Kier alpha value is -1.30. The summed E-state index contributed by atoms with van der Waals surface area (Å²) in [6.45, 7) is 0.338. The number of aliphatic imine (C=N–C) groups is 1. The molecule has 8 heavy (non-hydrogen) atoms. The van der Waals surface area contributed by atoms with Crippen LogP contribution in [-0.2, 0) is 4.74 Å². The van der Waals surface area contributed by atoms with Crippen LogP contribution in [0, 0.1) is 11.3 Å². The normalized spacial score (nSPS) is 16.1. The predicted octanol–water partition coefficient (Wildman–Crippen LogP) is 0.452. The minimum atomic E-state index is 0.338. The van der Waals surface area contributed by atoms with Crippen LogP contribution in [0.1, 0.15) is 0 Å². The van der Waals surface area contributed by atoms with Crippen LogP contribution < -0.4 is 0 Å². The zero-order valence-corrected chi connectivity index (χ0v) is 4.16. The molecule has 0 bridgehead atoms. The van der Waals surface area contributed by atoms with Crippen molar-refractivity contribution in [3.05, 3.63) is 11.8 Å². The number of nitriles is 1. The first-order valence-electron chi connectivity index (χ1n) is 2.15. The monoisotopic (exact) mass is 108 g/mol. The molecule has 0 fully saturated rings. The molecule has 3 nitrogen and oxygen atoms in total. The Morgan fingerprint density at radius 3 is 3.12 bits per heavy atom. The molecule has 0 aromatic heterocycles. The molecule has 0 aromatic carbocycles. The van der Waals surface area contributed by atoms with E-state index in [0.29, 0.717) is 12.3 Å². The van der Waals surface area contributed by atoms with Gasteiger partial charge in [-0.1, -0.05) is 0 Å². The van der Waals surface area contributed by atoms with Crippen molar-refractivity contribution in [2.75, 3.05) is 6.73 Å². The number of ether oxygens (including phenoxy) is 1. The molecular weight excluding hydrogens is 104 g/mol. The van der Waals surface area contributed by atoms with Crippen molar-refractivity contribution in [2.45, 2.75) is 0 Å². The standard InChI is InChI=1S/C5H4N2O/c6-1-5-2-7-4-8-3-5/h2-3H,4H2. The Morgan fingerprint density at radius 2 is 2.75 bits per heavy atom. The minimum Gasteiger partial charge on any atom is -0.478 e. The lowest BCUT2D eigenvalue weighted by molar-refractivity contribution is 0.257. The van der Waals surface area contributed by atoms with E-state index < -0.39 is 0 Å². The molecule has 0 radical (unpaired) electrons. The van der Waals surface area contributed by atoms with Gasteiger partial charge >= 0.3 is 0 Å². The van der Waals surface area contributed by atoms with E-state index >= 15 is 0 Å².